The average molecular weight is 102 g/mol. The molecular formula is C3H10CaO. The summed E-state index contributed by atoms with van der Waals surface area (Å²) in [6.45, 7) is 3.44. The van der Waals surface area contributed by atoms with Gasteiger partial charge in [0, 0.05) is 6.10 Å². The molecule has 2 heteroatoms. The van der Waals surface area contributed by atoms with Crippen LogP contribution in [0.1, 0.15) is 16.7 Å². The Morgan fingerprint density at radius 3 is 1.60 bits per heavy atom. The molecule has 0 aromatic rings. The van der Waals surface area contributed by atoms with Crippen LogP contribution in [0.3, 0.4) is 0 Å². The quantitative estimate of drug-likeness (QED) is 0.434. The SMILES string of the molecule is CC(C)O.[Ca+2].[H-].[H-]. The van der Waals surface area contributed by atoms with E-state index in [4.69, 9.17) is 5.11 Å². The molecule has 0 unspecified atom stereocenters. The Bertz CT molecular complexity index is 17.7. The predicted octanol–water partition coefficient (Wildman–Crippen LogP) is 0.231. The molecule has 0 aromatic carbocycles. The molecule has 0 spiro atoms. The molecule has 5 heavy (non-hydrogen) atoms. The van der Waals surface area contributed by atoms with Gasteiger partial charge in [-0.3, -0.25) is 0 Å². The first-order valence-corrected chi connectivity index (χ1v) is 1.41. The van der Waals surface area contributed by atoms with Crippen molar-refractivity contribution < 1.29 is 7.96 Å². The number of rotatable bonds is 0. The van der Waals surface area contributed by atoms with Crippen LogP contribution in [-0.4, -0.2) is 48.9 Å². The predicted molar refractivity (Wildman–Crippen MR) is 25.3 cm³/mol. The maximum atomic E-state index is 8.06. The number of aliphatic hydroxyl groups is 1. The fraction of sp³-hybridized carbons (Fsp3) is 1.00. The van der Waals surface area contributed by atoms with Crippen LogP contribution in [0.2, 0.25) is 0 Å². The molecule has 0 amide bonds. The third-order valence-electron chi connectivity index (χ3n) is 0. The van der Waals surface area contributed by atoms with Crippen molar-refractivity contribution in [1.82, 2.24) is 0 Å². The van der Waals surface area contributed by atoms with E-state index in [1.807, 2.05) is 0 Å². The van der Waals surface area contributed by atoms with Crippen molar-refractivity contribution in [3.05, 3.63) is 0 Å². The van der Waals surface area contributed by atoms with Gasteiger partial charge < -0.3 is 7.96 Å². The first kappa shape index (κ1) is 9.52. The first-order chi connectivity index (χ1) is 1.73. The van der Waals surface area contributed by atoms with Gasteiger partial charge >= 0.3 is 37.7 Å². The van der Waals surface area contributed by atoms with Crippen LogP contribution in [0.4, 0.5) is 0 Å². The minimum Gasteiger partial charge on any atom is -1.00 e. The summed E-state index contributed by atoms with van der Waals surface area (Å²) in [6.07, 6.45) is -0.167. The molecule has 0 rings (SSSR count). The fourth-order valence-corrected chi connectivity index (χ4v) is 0. The summed E-state index contributed by atoms with van der Waals surface area (Å²) in [5, 5.41) is 8.06. The van der Waals surface area contributed by atoms with Gasteiger partial charge in [0.15, 0.2) is 0 Å². The van der Waals surface area contributed by atoms with Gasteiger partial charge in [0.25, 0.3) is 0 Å². The van der Waals surface area contributed by atoms with Crippen molar-refractivity contribution in [3.63, 3.8) is 0 Å². The Morgan fingerprint density at radius 2 is 1.60 bits per heavy atom. The second-order valence-electron chi connectivity index (χ2n) is 1.09. The number of hydrogen-bond acceptors (Lipinski definition) is 1. The van der Waals surface area contributed by atoms with Gasteiger partial charge in [0.2, 0.25) is 0 Å². The van der Waals surface area contributed by atoms with E-state index >= 15 is 0 Å². The Labute approximate surface area is 65.3 Å². The summed E-state index contributed by atoms with van der Waals surface area (Å²) in [5.41, 5.74) is 0. The minimum absolute atomic E-state index is 0. The monoisotopic (exact) mass is 102 g/mol. The van der Waals surface area contributed by atoms with Gasteiger partial charge in [0.1, 0.15) is 0 Å². The van der Waals surface area contributed by atoms with Crippen molar-refractivity contribution in [2.45, 2.75) is 20.0 Å². The van der Waals surface area contributed by atoms with Crippen LogP contribution >= 0.6 is 0 Å². The standard InChI is InChI=1S/C3H8O.Ca.2H/c1-3(2)4;;;/h3-4H,1-2H3;;;/q;+2;2*-1. The molecule has 0 aliphatic carbocycles. The molecule has 0 saturated carbocycles. The van der Waals surface area contributed by atoms with Crippen molar-refractivity contribution in [3.8, 4) is 0 Å². The van der Waals surface area contributed by atoms with Crippen molar-refractivity contribution in [2.24, 2.45) is 0 Å². The molecule has 0 fully saturated rings. The van der Waals surface area contributed by atoms with E-state index in [0.29, 0.717) is 0 Å². The van der Waals surface area contributed by atoms with Crippen LogP contribution in [0.5, 0.6) is 0 Å². The Hall–Kier alpha value is 1.22. The van der Waals surface area contributed by atoms with Gasteiger partial charge in [-0.05, 0) is 13.8 Å². The third kappa shape index (κ3) is 36.4. The van der Waals surface area contributed by atoms with E-state index in [1.165, 1.54) is 0 Å². The minimum atomic E-state index is -0.167. The zero-order valence-corrected chi connectivity index (χ0v) is 5.94. The van der Waals surface area contributed by atoms with Crippen LogP contribution in [0, 0.1) is 0 Å². The molecule has 0 bridgehead atoms. The average Bonchev–Trinajstić information content (AvgIpc) is 0.811. The van der Waals surface area contributed by atoms with Crippen LogP contribution in [0.15, 0.2) is 0 Å². The second-order valence-corrected chi connectivity index (χ2v) is 1.09. The zero-order valence-electron chi connectivity index (χ0n) is 5.73. The van der Waals surface area contributed by atoms with Crippen molar-refractivity contribution >= 4 is 37.7 Å². The van der Waals surface area contributed by atoms with E-state index in [1.54, 1.807) is 13.8 Å². The van der Waals surface area contributed by atoms with Gasteiger partial charge in [0.05, 0.1) is 0 Å². The zero-order chi connectivity index (χ0) is 3.58. The summed E-state index contributed by atoms with van der Waals surface area (Å²) >= 11 is 0. The summed E-state index contributed by atoms with van der Waals surface area (Å²) < 4.78 is 0. The molecule has 0 radical (unpaired) electrons. The van der Waals surface area contributed by atoms with E-state index in [9.17, 15) is 0 Å². The van der Waals surface area contributed by atoms with E-state index in [2.05, 4.69) is 0 Å². The summed E-state index contributed by atoms with van der Waals surface area (Å²) in [4.78, 5) is 0. The topological polar surface area (TPSA) is 20.2 Å². The van der Waals surface area contributed by atoms with E-state index < -0.39 is 0 Å². The summed E-state index contributed by atoms with van der Waals surface area (Å²) in [7, 11) is 0. The van der Waals surface area contributed by atoms with Gasteiger partial charge in [-0.1, -0.05) is 0 Å². The molecule has 1 N–H and O–H groups in total. The molecule has 30 valence electrons. The smallest absolute Gasteiger partial charge is 1.00 e. The van der Waals surface area contributed by atoms with Gasteiger partial charge in [-0.25, -0.2) is 0 Å². The maximum Gasteiger partial charge on any atom is 2.00 e. The van der Waals surface area contributed by atoms with Crippen LogP contribution < -0.4 is 0 Å². The molecule has 0 aromatic heterocycles. The Kier molecular flexibility index (Phi) is 9.94. The summed E-state index contributed by atoms with van der Waals surface area (Å²) in [5.74, 6) is 0. The largest absolute Gasteiger partial charge is 2.00 e. The molecule has 0 atom stereocenters. The Morgan fingerprint density at radius 1 is 1.60 bits per heavy atom. The second kappa shape index (κ2) is 5.22. The molecule has 0 aliphatic heterocycles. The van der Waals surface area contributed by atoms with E-state index in [0.717, 1.165) is 0 Å². The summed E-state index contributed by atoms with van der Waals surface area (Å²) in [6, 6.07) is 0. The van der Waals surface area contributed by atoms with Crippen LogP contribution in [-0.2, 0) is 0 Å². The number of hydrogen-bond donors (Lipinski definition) is 1. The third-order valence-corrected chi connectivity index (χ3v) is 0. The molecule has 0 heterocycles. The normalized spacial score (nSPS) is 7.20. The molecule has 0 aliphatic rings. The van der Waals surface area contributed by atoms with Crippen molar-refractivity contribution in [1.29, 1.82) is 0 Å². The fourth-order valence-electron chi connectivity index (χ4n) is 0. The molecular weight excluding hydrogens is 92.1 g/mol. The maximum absolute atomic E-state index is 8.06. The van der Waals surface area contributed by atoms with Gasteiger partial charge in [-0.15, -0.1) is 0 Å². The molecule has 1 nitrogen and oxygen atoms in total. The first-order valence-electron chi connectivity index (χ1n) is 1.41. The number of aliphatic hydroxyl groups excluding tert-OH is 1. The van der Waals surface area contributed by atoms with Crippen LogP contribution in [0.25, 0.3) is 0 Å². The van der Waals surface area contributed by atoms with Crippen molar-refractivity contribution in [2.75, 3.05) is 0 Å². The Balaban J connectivity index is -0.0000000150. The van der Waals surface area contributed by atoms with Gasteiger partial charge in [-0.2, -0.15) is 0 Å². The molecule has 0 saturated heterocycles. The van der Waals surface area contributed by atoms with E-state index in [-0.39, 0.29) is 46.7 Å².